The van der Waals surface area contributed by atoms with Crippen molar-refractivity contribution in [1.29, 1.82) is 0 Å². The van der Waals surface area contributed by atoms with Gasteiger partial charge in [-0.05, 0) is 51.9 Å². The van der Waals surface area contributed by atoms with Crippen LogP contribution in [0.25, 0.3) is 0 Å². The van der Waals surface area contributed by atoms with Crippen LogP contribution in [0.5, 0.6) is 0 Å². The first-order chi connectivity index (χ1) is 9.36. The molecule has 2 aliphatic rings. The van der Waals surface area contributed by atoms with Crippen LogP contribution in [0.4, 0.5) is 4.79 Å². The number of nitrogens with two attached hydrogens (primary N) is 1. The number of carbonyl (C=O) groups is 1. The number of hydrogen-bond donors (Lipinski definition) is 2. The number of amides is 1. The Bertz CT molecular complexity index is 410. The van der Waals surface area contributed by atoms with E-state index >= 15 is 0 Å². The van der Waals surface area contributed by atoms with Gasteiger partial charge >= 0.3 is 6.09 Å². The monoisotopic (exact) mass is 298 g/mol. The van der Waals surface area contributed by atoms with E-state index in [9.17, 15) is 9.90 Å². The lowest BCUT2D eigenvalue weighted by molar-refractivity contribution is -0.134. The van der Waals surface area contributed by atoms with Gasteiger partial charge in [-0.3, -0.25) is 0 Å². The van der Waals surface area contributed by atoms with Gasteiger partial charge in [-0.2, -0.15) is 0 Å². The molecule has 1 saturated heterocycles. The minimum Gasteiger partial charge on any atom is -0.444 e. The molecule has 2 fully saturated rings. The first kappa shape index (κ1) is 16.6. The predicted octanol–water partition coefficient (Wildman–Crippen LogP) is 2.27. The van der Waals surface area contributed by atoms with Crippen molar-refractivity contribution < 1.29 is 14.6 Å². The normalized spacial score (nSPS) is 26.9. The summed E-state index contributed by atoms with van der Waals surface area (Å²) in [4.78, 5) is 13.6. The standard InChI is InChI=1S/C16H30N2O3/c1-13(2,3)21-12(19)18-10-15(17,11-18)16(20)8-6-14(4,5)7-9-16/h20H,6-11,17H2,1-5H3. The van der Waals surface area contributed by atoms with Gasteiger partial charge < -0.3 is 20.5 Å². The fourth-order valence-corrected chi connectivity index (χ4v) is 3.22. The molecule has 2 rings (SSSR count). The van der Waals surface area contributed by atoms with Crippen molar-refractivity contribution in [3.63, 3.8) is 0 Å². The fourth-order valence-electron chi connectivity index (χ4n) is 3.22. The first-order valence-corrected chi connectivity index (χ1v) is 7.85. The molecule has 5 heteroatoms. The molecule has 0 aromatic heterocycles. The number of ether oxygens (including phenoxy) is 1. The molecule has 0 spiro atoms. The molecule has 1 saturated carbocycles. The van der Waals surface area contributed by atoms with Crippen molar-refractivity contribution in [2.75, 3.05) is 13.1 Å². The largest absolute Gasteiger partial charge is 0.444 e. The third-order valence-electron chi connectivity index (χ3n) is 4.96. The van der Waals surface area contributed by atoms with E-state index in [2.05, 4.69) is 13.8 Å². The molecule has 0 bridgehead atoms. The number of nitrogens with zero attached hydrogens (tertiary/aromatic N) is 1. The van der Waals surface area contributed by atoms with E-state index in [0.29, 0.717) is 25.9 Å². The Morgan fingerprint density at radius 2 is 1.62 bits per heavy atom. The molecule has 1 amide bonds. The number of carbonyl (C=O) groups excluding carboxylic acids is 1. The molecule has 1 aliphatic carbocycles. The van der Waals surface area contributed by atoms with Crippen molar-refractivity contribution in [2.24, 2.45) is 11.1 Å². The second-order valence-electron chi connectivity index (χ2n) is 8.69. The zero-order chi connectivity index (χ0) is 16.1. The maximum absolute atomic E-state index is 12.0. The number of hydrogen-bond acceptors (Lipinski definition) is 4. The van der Waals surface area contributed by atoms with Crippen molar-refractivity contribution in [2.45, 2.75) is 77.0 Å². The summed E-state index contributed by atoms with van der Waals surface area (Å²) in [5.74, 6) is 0. The Hall–Kier alpha value is -0.810. The Morgan fingerprint density at radius 3 is 2.05 bits per heavy atom. The van der Waals surface area contributed by atoms with E-state index in [1.54, 1.807) is 4.90 Å². The van der Waals surface area contributed by atoms with Gasteiger partial charge in [0.05, 0.1) is 11.1 Å². The number of likely N-dealkylation sites (tertiary alicyclic amines) is 1. The van der Waals surface area contributed by atoms with Gasteiger partial charge in [0.25, 0.3) is 0 Å². The Kier molecular flexibility index (Phi) is 3.82. The highest BCUT2D eigenvalue weighted by Gasteiger charge is 2.58. The molecule has 0 atom stereocenters. The lowest BCUT2D eigenvalue weighted by Crippen LogP contribution is -2.79. The Labute approximate surface area is 127 Å². The molecule has 0 unspecified atom stereocenters. The van der Waals surface area contributed by atoms with Crippen LogP contribution in [0.15, 0.2) is 0 Å². The lowest BCUT2D eigenvalue weighted by Gasteiger charge is -2.58. The quantitative estimate of drug-likeness (QED) is 0.778. The zero-order valence-corrected chi connectivity index (χ0v) is 14.0. The average Bonchev–Trinajstić information content (AvgIpc) is 2.27. The molecule has 21 heavy (non-hydrogen) atoms. The van der Waals surface area contributed by atoms with Gasteiger partial charge in [-0.25, -0.2) is 4.79 Å². The van der Waals surface area contributed by atoms with Crippen LogP contribution in [0, 0.1) is 5.41 Å². The molecular weight excluding hydrogens is 268 g/mol. The lowest BCUT2D eigenvalue weighted by atomic mass is 9.62. The predicted molar refractivity (Wildman–Crippen MR) is 81.9 cm³/mol. The molecular formula is C16H30N2O3. The van der Waals surface area contributed by atoms with Crippen molar-refractivity contribution >= 4 is 6.09 Å². The van der Waals surface area contributed by atoms with E-state index in [0.717, 1.165) is 12.8 Å². The second kappa shape index (κ2) is 4.85. The van der Waals surface area contributed by atoms with Gasteiger partial charge in [0.1, 0.15) is 5.60 Å². The van der Waals surface area contributed by atoms with Crippen LogP contribution < -0.4 is 5.73 Å². The van der Waals surface area contributed by atoms with Crippen molar-refractivity contribution in [3.8, 4) is 0 Å². The van der Waals surface area contributed by atoms with E-state index in [1.165, 1.54) is 0 Å². The van der Waals surface area contributed by atoms with Crippen molar-refractivity contribution in [1.82, 2.24) is 4.90 Å². The second-order valence-corrected chi connectivity index (χ2v) is 8.69. The number of rotatable bonds is 1. The van der Waals surface area contributed by atoms with Crippen LogP contribution in [0.3, 0.4) is 0 Å². The van der Waals surface area contributed by atoms with E-state index < -0.39 is 16.7 Å². The third kappa shape index (κ3) is 3.34. The van der Waals surface area contributed by atoms with Crippen LogP contribution in [0.1, 0.15) is 60.3 Å². The maximum Gasteiger partial charge on any atom is 0.410 e. The van der Waals surface area contributed by atoms with E-state index in [1.807, 2.05) is 20.8 Å². The fraction of sp³-hybridized carbons (Fsp3) is 0.938. The molecule has 1 heterocycles. The van der Waals surface area contributed by atoms with Crippen molar-refractivity contribution in [3.05, 3.63) is 0 Å². The van der Waals surface area contributed by atoms with Gasteiger partial charge in [0, 0.05) is 13.1 Å². The highest BCUT2D eigenvalue weighted by molar-refractivity contribution is 5.70. The van der Waals surface area contributed by atoms with E-state index in [-0.39, 0.29) is 11.5 Å². The maximum atomic E-state index is 12.0. The smallest absolute Gasteiger partial charge is 0.410 e. The van der Waals surface area contributed by atoms with Gasteiger partial charge in [-0.15, -0.1) is 0 Å². The summed E-state index contributed by atoms with van der Waals surface area (Å²) in [5, 5.41) is 10.9. The minimum absolute atomic E-state index is 0.275. The van der Waals surface area contributed by atoms with Gasteiger partial charge in [-0.1, -0.05) is 13.8 Å². The molecule has 1 aliphatic heterocycles. The summed E-state index contributed by atoms with van der Waals surface area (Å²) in [5.41, 5.74) is 4.61. The summed E-state index contributed by atoms with van der Waals surface area (Å²) < 4.78 is 5.34. The third-order valence-corrected chi connectivity index (χ3v) is 4.96. The van der Waals surface area contributed by atoms with Crippen LogP contribution in [-0.4, -0.2) is 45.9 Å². The summed E-state index contributed by atoms with van der Waals surface area (Å²) >= 11 is 0. The van der Waals surface area contributed by atoms with Gasteiger partial charge in [0.15, 0.2) is 0 Å². The highest BCUT2D eigenvalue weighted by atomic mass is 16.6. The van der Waals surface area contributed by atoms with E-state index in [4.69, 9.17) is 10.5 Å². The molecule has 0 radical (unpaired) electrons. The SMILES string of the molecule is CC1(C)CCC(O)(C2(N)CN(C(=O)OC(C)(C)C)C2)CC1. The minimum atomic E-state index is -0.860. The summed E-state index contributed by atoms with van der Waals surface area (Å²) in [6, 6.07) is 0. The topological polar surface area (TPSA) is 75.8 Å². The molecule has 0 aromatic rings. The summed E-state index contributed by atoms with van der Waals surface area (Å²) in [7, 11) is 0. The first-order valence-electron chi connectivity index (χ1n) is 7.85. The van der Waals surface area contributed by atoms with Gasteiger partial charge in [0.2, 0.25) is 0 Å². The summed E-state index contributed by atoms with van der Waals surface area (Å²) in [6.07, 6.45) is 3.00. The average molecular weight is 298 g/mol. The molecule has 0 aromatic carbocycles. The van der Waals surface area contributed by atoms with Crippen LogP contribution >= 0.6 is 0 Å². The Morgan fingerprint density at radius 1 is 1.14 bits per heavy atom. The zero-order valence-electron chi connectivity index (χ0n) is 14.0. The Balaban J connectivity index is 1.94. The van der Waals surface area contributed by atoms with Crippen LogP contribution in [0.2, 0.25) is 0 Å². The number of aliphatic hydroxyl groups is 1. The molecule has 5 nitrogen and oxygen atoms in total. The van der Waals surface area contributed by atoms with Crippen LogP contribution in [-0.2, 0) is 4.74 Å². The molecule has 122 valence electrons. The molecule has 3 N–H and O–H groups in total. The highest BCUT2D eigenvalue weighted by Crippen LogP contribution is 2.46. The summed E-state index contributed by atoms with van der Waals surface area (Å²) in [6.45, 7) is 10.7.